The zero-order valence-corrected chi connectivity index (χ0v) is 16.8. The van der Waals surface area contributed by atoms with Crippen molar-refractivity contribution in [3.63, 3.8) is 0 Å². The van der Waals surface area contributed by atoms with Crippen molar-refractivity contribution in [2.75, 3.05) is 0 Å². The van der Waals surface area contributed by atoms with Crippen molar-refractivity contribution >= 4 is 0 Å². The summed E-state index contributed by atoms with van der Waals surface area (Å²) in [6, 6.07) is 23.4. The number of aryl methyl sites for hydroxylation is 1. The van der Waals surface area contributed by atoms with E-state index in [-0.39, 0.29) is 0 Å². The first-order valence-electron chi connectivity index (χ1n) is 10.1. The smallest absolute Gasteiger partial charge is 0.0695 e. The van der Waals surface area contributed by atoms with E-state index in [9.17, 15) is 0 Å². The molecule has 4 aromatic rings. The predicted molar refractivity (Wildman–Crippen MR) is 117 cm³/mol. The number of nitrogens with zero attached hydrogens (tertiary/aromatic N) is 3. The molecule has 0 saturated carbocycles. The second-order valence-corrected chi connectivity index (χ2v) is 7.31. The normalized spacial score (nSPS) is 11.1. The van der Waals surface area contributed by atoms with Crippen molar-refractivity contribution < 1.29 is 0 Å². The van der Waals surface area contributed by atoms with Crippen LogP contribution in [0.3, 0.4) is 0 Å². The van der Waals surface area contributed by atoms with Crippen molar-refractivity contribution in [3.05, 3.63) is 108 Å². The van der Waals surface area contributed by atoms with Gasteiger partial charge in [0.25, 0.3) is 0 Å². The van der Waals surface area contributed by atoms with Crippen LogP contribution in [-0.2, 0) is 26.1 Å². The minimum absolute atomic E-state index is 0.811. The number of aromatic amines is 1. The molecule has 0 aliphatic carbocycles. The van der Waals surface area contributed by atoms with E-state index in [2.05, 4.69) is 81.6 Å². The van der Waals surface area contributed by atoms with E-state index < -0.39 is 0 Å². The molecule has 1 N–H and O–H groups in total. The van der Waals surface area contributed by atoms with Gasteiger partial charge in [0, 0.05) is 37.6 Å². The molecule has 0 aliphatic rings. The standard InChI is InChI=1S/C25H26N4/c1-2-20-10-12-21(13-11-20)17-29(18-22-7-6-14-26-15-22)19-24-16-27-28-25(24)23-8-4-3-5-9-23/h3-16H,2,17-19H2,1H3,(H,27,28). The second kappa shape index (κ2) is 9.30. The number of aromatic nitrogens is 3. The van der Waals surface area contributed by atoms with Gasteiger partial charge in [0.05, 0.1) is 11.9 Å². The summed E-state index contributed by atoms with van der Waals surface area (Å²) in [7, 11) is 0. The van der Waals surface area contributed by atoms with Gasteiger partial charge in [-0.1, -0.05) is 67.6 Å². The van der Waals surface area contributed by atoms with E-state index in [0.717, 1.165) is 37.3 Å². The van der Waals surface area contributed by atoms with Crippen molar-refractivity contribution in [1.82, 2.24) is 20.1 Å². The lowest BCUT2D eigenvalue weighted by Crippen LogP contribution is -2.22. The number of hydrogen-bond acceptors (Lipinski definition) is 3. The fraction of sp³-hybridized carbons (Fsp3) is 0.200. The number of nitrogens with one attached hydrogen (secondary N) is 1. The van der Waals surface area contributed by atoms with Gasteiger partial charge in [-0.2, -0.15) is 5.10 Å². The molecule has 0 amide bonds. The monoisotopic (exact) mass is 382 g/mol. The minimum Gasteiger partial charge on any atom is -0.290 e. The first kappa shape index (κ1) is 19.1. The highest BCUT2D eigenvalue weighted by atomic mass is 15.1. The molecule has 2 heterocycles. The van der Waals surface area contributed by atoms with Crippen LogP contribution >= 0.6 is 0 Å². The number of pyridine rings is 1. The Morgan fingerprint density at radius 3 is 2.24 bits per heavy atom. The van der Waals surface area contributed by atoms with Gasteiger partial charge in [-0.05, 0) is 34.7 Å². The van der Waals surface area contributed by atoms with Crippen LogP contribution in [0, 0.1) is 0 Å². The zero-order valence-electron chi connectivity index (χ0n) is 16.8. The highest BCUT2D eigenvalue weighted by molar-refractivity contribution is 5.62. The third-order valence-electron chi connectivity index (χ3n) is 5.14. The highest BCUT2D eigenvalue weighted by Gasteiger charge is 2.14. The Morgan fingerprint density at radius 2 is 1.52 bits per heavy atom. The van der Waals surface area contributed by atoms with Gasteiger partial charge in [-0.15, -0.1) is 0 Å². The summed E-state index contributed by atoms with van der Waals surface area (Å²) in [5.74, 6) is 0. The molecule has 29 heavy (non-hydrogen) atoms. The third kappa shape index (κ3) is 4.98. The Labute approximate surface area is 172 Å². The Kier molecular flexibility index (Phi) is 6.13. The van der Waals surface area contributed by atoms with E-state index >= 15 is 0 Å². The highest BCUT2D eigenvalue weighted by Crippen LogP contribution is 2.23. The van der Waals surface area contributed by atoms with Gasteiger partial charge >= 0.3 is 0 Å². The molecule has 4 nitrogen and oxygen atoms in total. The topological polar surface area (TPSA) is 44.8 Å². The molecule has 0 fully saturated rings. The molecular weight excluding hydrogens is 356 g/mol. The molecule has 0 saturated heterocycles. The average molecular weight is 383 g/mol. The second-order valence-electron chi connectivity index (χ2n) is 7.31. The zero-order chi connectivity index (χ0) is 19.9. The Balaban J connectivity index is 1.58. The van der Waals surface area contributed by atoms with Gasteiger partial charge in [0.2, 0.25) is 0 Å². The van der Waals surface area contributed by atoms with Gasteiger partial charge in [-0.3, -0.25) is 15.0 Å². The van der Waals surface area contributed by atoms with Crippen molar-refractivity contribution in [3.8, 4) is 11.3 Å². The quantitative estimate of drug-likeness (QED) is 0.453. The maximum absolute atomic E-state index is 4.32. The molecule has 0 radical (unpaired) electrons. The first-order chi connectivity index (χ1) is 14.3. The number of benzene rings is 2. The molecule has 2 aromatic heterocycles. The molecule has 2 aromatic carbocycles. The molecule has 0 aliphatic heterocycles. The molecular formula is C25H26N4. The minimum atomic E-state index is 0.811. The molecule has 4 rings (SSSR count). The van der Waals surface area contributed by atoms with Gasteiger partial charge in [0.15, 0.2) is 0 Å². The Morgan fingerprint density at radius 1 is 0.759 bits per heavy atom. The SMILES string of the molecule is CCc1ccc(CN(Cc2cccnc2)Cc2cn[nH]c2-c2ccccc2)cc1. The maximum Gasteiger partial charge on any atom is 0.0695 e. The van der Waals surface area contributed by atoms with Crippen molar-refractivity contribution in [1.29, 1.82) is 0 Å². The fourth-order valence-electron chi connectivity index (χ4n) is 3.58. The van der Waals surface area contributed by atoms with E-state index in [1.807, 2.05) is 30.7 Å². The van der Waals surface area contributed by atoms with Crippen molar-refractivity contribution in [2.24, 2.45) is 0 Å². The maximum atomic E-state index is 4.32. The fourth-order valence-corrected chi connectivity index (χ4v) is 3.58. The Bertz CT molecular complexity index is 1010. The summed E-state index contributed by atoms with van der Waals surface area (Å²) in [5.41, 5.74) is 7.34. The summed E-state index contributed by atoms with van der Waals surface area (Å²) in [4.78, 5) is 6.72. The summed E-state index contributed by atoms with van der Waals surface area (Å²) in [6.45, 7) is 4.71. The van der Waals surface area contributed by atoms with Crippen LogP contribution in [-0.4, -0.2) is 20.1 Å². The van der Waals surface area contributed by atoms with Crippen LogP contribution in [0.2, 0.25) is 0 Å². The van der Waals surface area contributed by atoms with Crippen LogP contribution < -0.4 is 0 Å². The summed E-state index contributed by atoms with van der Waals surface area (Å²) >= 11 is 0. The van der Waals surface area contributed by atoms with Crippen LogP contribution in [0.5, 0.6) is 0 Å². The number of hydrogen-bond donors (Lipinski definition) is 1. The van der Waals surface area contributed by atoms with Crippen molar-refractivity contribution in [2.45, 2.75) is 33.0 Å². The van der Waals surface area contributed by atoms with E-state index in [1.165, 1.54) is 22.3 Å². The molecule has 0 unspecified atom stereocenters. The lowest BCUT2D eigenvalue weighted by atomic mass is 10.1. The largest absolute Gasteiger partial charge is 0.290 e. The number of rotatable bonds is 8. The van der Waals surface area contributed by atoms with E-state index in [0.29, 0.717) is 0 Å². The lowest BCUT2D eigenvalue weighted by molar-refractivity contribution is 0.248. The van der Waals surface area contributed by atoms with E-state index in [1.54, 1.807) is 0 Å². The summed E-state index contributed by atoms with van der Waals surface area (Å²) in [6.07, 6.45) is 6.77. The first-order valence-corrected chi connectivity index (χ1v) is 10.1. The molecule has 0 atom stereocenters. The molecule has 0 bridgehead atoms. The average Bonchev–Trinajstić information content (AvgIpc) is 3.24. The summed E-state index contributed by atoms with van der Waals surface area (Å²) < 4.78 is 0. The van der Waals surface area contributed by atoms with Crippen LogP contribution in [0.25, 0.3) is 11.3 Å². The van der Waals surface area contributed by atoms with Crippen LogP contribution in [0.4, 0.5) is 0 Å². The third-order valence-corrected chi connectivity index (χ3v) is 5.14. The molecule has 4 heteroatoms. The van der Waals surface area contributed by atoms with Gasteiger partial charge in [-0.25, -0.2) is 0 Å². The van der Waals surface area contributed by atoms with Gasteiger partial charge < -0.3 is 0 Å². The molecule has 146 valence electrons. The summed E-state index contributed by atoms with van der Waals surface area (Å²) in [5, 5.41) is 7.51. The van der Waals surface area contributed by atoms with Gasteiger partial charge in [0.1, 0.15) is 0 Å². The van der Waals surface area contributed by atoms with Crippen LogP contribution in [0.1, 0.15) is 29.2 Å². The lowest BCUT2D eigenvalue weighted by Gasteiger charge is -2.23. The Hall–Kier alpha value is -3.24. The molecule has 0 spiro atoms. The number of H-pyrrole nitrogens is 1. The predicted octanol–water partition coefficient (Wildman–Crippen LogP) is 5.24. The van der Waals surface area contributed by atoms with Crippen LogP contribution in [0.15, 0.2) is 85.3 Å². The van der Waals surface area contributed by atoms with E-state index in [4.69, 9.17) is 0 Å².